The maximum Gasteiger partial charge on any atom is 0.409 e. The number of ether oxygens (including phenoxy) is 2. The molecule has 0 atom stereocenters. The number of hydrogen-bond acceptors (Lipinski definition) is 7. The molecule has 8 heteroatoms. The lowest BCUT2D eigenvalue weighted by atomic mass is 9.75. The van der Waals surface area contributed by atoms with E-state index >= 15 is 0 Å². The summed E-state index contributed by atoms with van der Waals surface area (Å²) in [5.74, 6) is 1.27. The van der Waals surface area contributed by atoms with Crippen LogP contribution in [-0.2, 0) is 19.8 Å². The van der Waals surface area contributed by atoms with E-state index in [1.54, 1.807) is 21.6 Å². The topological polar surface area (TPSA) is 59.1 Å². The van der Waals surface area contributed by atoms with Crippen LogP contribution in [0.15, 0.2) is 91.0 Å². The third-order valence-electron chi connectivity index (χ3n) is 6.95. The van der Waals surface area contributed by atoms with Crippen LogP contribution in [0, 0.1) is 0 Å². The highest BCUT2D eigenvalue weighted by molar-refractivity contribution is 8.76. The lowest BCUT2D eigenvalue weighted by Gasteiger charge is -2.48. The van der Waals surface area contributed by atoms with Crippen molar-refractivity contribution in [3.05, 3.63) is 108 Å². The Labute approximate surface area is 245 Å². The highest BCUT2D eigenvalue weighted by atomic mass is 33.1. The van der Waals surface area contributed by atoms with Crippen LogP contribution in [0.2, 0.25) is 0 Å². The van der Waals surface area contributed by atoms with Gasteiger partial charge in [-0.3, -0.25) is 9.69 Å². The van der Waals surface area contributed by atoms with Crippen LogP contribution < -0.4 is 0 Å². The van der Waals surface area contributed by atoms with Gasteiger partial charge in [0.15, 0.2) is 0 Å². The zero-order valence-corrected chi connectivity index (χ0v) is 24.7. The van der Waals surface area contributed by atoms with Crippen molar-refractivity contribution in [2.75, 3.05) is 50.9 Å². The summed E-state index contributed by atoms with van der Waals surface area (Å²) in [5.41, 5.74) is 3.15. The second-order valence-corrected chi connectivity index (χ2v) is 12.2. The second-order valence-electron chi connectivity index (χ2n) is 9.51. The smallest absolute Gasteiger partial charge is 0.409 e. The number of hydrogen-bond donors (Lipinski definition) is 0. The fourth-order valence-corrected chi connectivity index (χ4v) is 6.80. The van der Waals surface area contributed by atoms with E-state index in [0.717, 1.165) is 25.3 Å². The van der Waals surface area contributed by atoms with Gasteiger partial charge in [-0.2, -0.15) is 0 Å². The number of esters is 1. The van der Waals surface area contributed by atoms with Gasteiger partial charge >= 0.3 is 12.1 Å². The molecule has 1 aliphatic heterocycles. The molecule has 0 N–H and O–H groups in total. The molecule has 4 rings (SSSR count). The van der Waals surface area contributed by atoms with Gasteiger partial charge in [0.25, 0.3) is 0 Å². The van der Waals surface area contributed by atoms with Crippen LogP contribution >= 0.6 is 21.6 Å². The molecule has 0 spiro atoms. The van der Waals surface area contributed by atoms with Gasteiger partial charge < -0.3 is 14.4 Å². The van der Waals surface area contributed by atoms with Crippen molar-refractivity contribution >= 4 is 33.7 Å². The Balaban J connectivity index is 1.35. The molecule has 0 saturated carbocycles. The third-order valence-corrected chi connectivity index (χ3v) is 9.28. The number of rotatable bonds is 13. The van der Waals surface area contributed by atoms with Crippen molar-refractivity contribution in [3.8, 4) is 0 Å². The minimum absolute atomic E-state index is 0.143. The van der Waals surface area contributed by atoms with E-state index in [1.165, 1.54) is 16.7 Å². The van der Waals surface area contributed by atoms with Crippen molar-refractivity contribution in [1.82, 2.24) is 9.80 Å². The number of benzene rings is 3. The molecule has 3 aromatic rings. The average molecular weight is 579 g/mol. The third kappa shape index (κ3) is 7.62. The molecule has 3 aromatic carbocycles. The van der Waals surface area contributed by atoms with Crippen molar-refractivity contribution < 1.29 is 19.1 Å². The number of nitrogens with zero attached hydrogens (tertiary/aromatic N) is 2. The summed E-state index contributed by atoms with van der Waals surface area (Å²) >= 11 is 0. The summed E-state index contributed by atoms with van der Waals surface area (Å²) < 4.78 is 10.7. The van der Waals surface area contributed by atoms with Crippen LogP contribution in [0.25, 0.3) is 0 Å². The quantitative estimate of drug-likeness (QED) is 0.0999. The number of piperazine rings is 1. The number of amides is 1. The molecular formula is C32H38N2O4S2. The van der Waals surface area contributed by atoms with Gasteiger partial charge in [0.05, 0.1) is 5.54 Å². The lowest BCUT2D eigenvalue weighted by Crippen LogP contribution is -2.57. The Kier molecular flexibility index (Phi) is 11.8. The van der Waals surface area contributed by atoms with E-state index in [-0.39, 0.29) is 12.1 Å². The van der Waals surface area contributed by atoms with Crippen LogP contribution in [0.3, 0.4) is 0 Å². The summed E-state index contributed by atoms with van der Waals surface area (Å²) in [4.78, 5) is 28.5. The van der Waals surface area contributed by atoms with Gasteiger partial charge in [0, 0.05) is 44.1 Å². The summed E-state index contributed by atoms with van der Waals surface area (Å²) in [6.45, 7) is 5.35. The first-order valence-electron chi connectivity index (χ1n) is 13.9. The normalized spacial score (nSPS) is 14.1. The number of carbonyl (C=O) groups excluding carboxylic acids is 2. The lowest BCUT2D eigenvalue weighted by molar-refractivity contribution is -0.143. The van der Waals surface area contributed by atoms with Crippen molar-refractivity contribution in [2.45, 2.75) is 25.3 Å². The summed E-state index contributed by atoms with van der Waals surface area (Å²) in [6.07, 6.45) is 1.01. The van der Waals surface area contributed by atoms with Gasteiger partial charge in [0.2, 0.25) is 0 Å². The zero-order valence-electron chi connectivity index (χ0n) is 23.1. The Morgan fingerprint density at radius 1 is 0.700 bits per heavy atom. The van der Waals surface area contributed by atoms with Crippen molar-refractivity contribution in [2.24, 2.45) is 0 Å². The molecule has 0 aromatic heterocycles. The fraction of sp³-hybridized carbons (Fsp3) is 0.375. The minimum atomic E-state index is -0.474. The molecule has 0 bridgehead atoms. The molecule has 212 valence electrons. The first-order chi connectivity index (χ1) is 19.7. The van der Waals surface area contributed by atoms with E-state index in [9.17, 15) is 9.59 Å². The number of carbonyl (C=O) groups is 2. The van der Waals surface area contributed by atoms with Crippen molar-refractivity contribution in [3.63, 3.8) is 0 Å². The maximum atomic E-state index is 12.8. The molecule has 1 fully saturated rings. The van der Waals surface area contributed by atoms with Crippen LogP contribution in [0.5, 0.6) is 0 Å². The van der Waals surface area contributed by atoms with E-state index in [2.05, 4.69) is 95.9 Å². The summed E-state index contributed by atoms with van der Waals surface area (Å²) in [7, 11) is 3.25. The molecule has 0 aliphatic carbocycles. The van der Waals surface area contributed by atoms with Crippen molar-refractivity contribution in [1.29, 1.82) is 0 Å². The van der Waals surface area contributed by atoms with E-state index in [1.807, 2.05) is 11.8 Å². The highest BCUT2D eigenvalue weighted by Crippen LogP contribution is 2.42. The average Bonchev–Trinajstić information content (AvgIpc) is 3.01. The van der Waals surface area contributed by atoms with Gasteiger partial charge in [-0.1, -0.05) is 120 Å². The standard InChI is InChI=1S/C32H38N2O4S2/c1-2-12-30(35)37-23-25-39-40-26-24-38-31(36)33-19-21-34(22-20-33)32(27-13-6-3-7-14-27,28-15-8-4-9-16-28)29-17-10-5-11-18-29/h3-11,13-18H,2,12,19-26H2,1H3. The van der Waals surface area contributed by atoms with Crippen LogP contribution in [0.1, 0.15) is 36.5 Å². The molecule has 0 unspecified atom stereocenters. The van der Waals surface area contributed by atoms with E-state index in [0.29, 0.717) is 38.5 Å². The van der Waals surface area contributed by atoms with Gasteiger partial charge in [-0.05, 0) is 23.1 Å². The Bertz CT molecular complexity index is 1080. The SMILES string of the molecule is CCCC(=O)OCCSSCCOC(=O)N1CCN(C(c2ccccc2)(c2ccccc2)c2ccccc2)CC1. The monoisotopic (exact) mass is 578 g/mol. The van der Waals surface area contributed by atoms with Crippen LogP contribution in [-0.4, -0.2) is 72.8 Å². The minimum Gasteiger partial charge on any atom is -0.465 e. The molecule has 1 heterocycles. The van der Waals surface area contributed by atoms with Gasteiger partial charge in [0.1, 0.15) is 13.2 Å². The second kappa shape index (κ2) is 15.7. The van der Waals surface area contributed by atoms with E-state index < -0.39 is 5.54 Å². The maximum absolute atomic E-state index is 12.8. The largest absolute Gasteiger partial charge is 0.465 e. The molecule has 0 radical (unpaired) electrons. The Hall–Kier alpha value is -2.94. The first kappa shape index (κ1) is 30.0. The van der Waals surface area contributed by atoms with Crippen LogP contribution in [0.4, 0.5) is 4.79 Å². The fourth-order valence-electron chi connectivity index (χ4n) is 5.15. The molecule has 6 nitrogen and oxygen atoms in total. The molecule has 1 saturated heterocycles. The highest BCUT2D eigenvalue weighted by Gasteiger charge is 2.43. The predicted octanol–water partition coefficient (Wildman–Crippen LogP) is 6.46. The first-order valence-corrected chi connectivity index (χ1v) is 16.4. The summed E-state index contributed by atoms with van der Waals surface area (Å²) in [5, 5.41) is 0. The molecule has 1 aliphatic rings. The molecule has 40 heavy (non-hydrogen) atoms. The zero-order chi connectivity index (χ0) is 28.0. The molecule has 1 amide bonds. The van der Waals surface area contributed by atoms with Gasteiger partial charge in [-0.15, -0.1) is 0 Å². The molecular weight excluding hydrogens is 540 g/mol. The van der Waals surface area contributed by atoms with Gasteiger partial charge in [-0.25, -0.2) is 4.79 Å². The Morgan fingerprint density at radius 3 is 1.60 bits per heavy atom. The predicted molar refractivity (Wildman–Crippen MR) is 164 cm³/mol. The summed E-state index contributed by atoms with van der Waals surface area (Å²) in [6, 6.07) is 31.9. The Morgan fingerprint density at radius 2 is 1.15 bits per heavy atom. The van der Waals surface area contributed by atoms with E-state index in [4.69, 9.17) is 9.47 Å².